The lowest BCUT2D eigenvalue weighted by atomic mass is 9.99. The van der Waals surface area contributed by atoms with Gasteiger partial charge in [-0.25, -0.2) is 4.74 Å². The van der Waals surface area contributed by atoms with Crippen molar-refractivity contribution in [1.29, 1.82) is 0 Å². The molecule has 40 heavy (non-hydrogen) atoms. The van der Waals surface area contributed by atoms with Crippen molar-refractivity contribution in [1.82, 2.24) is 0 Å². The van der Waals surface area contributed by atoms with Gasteiger partial charge in [0.1, 0.15) is 0 Å². The van der Waals surface area contributed by atoms with Crippen molar-refractivity contribution in [2.75, 3.05) is 5.75 Å². The van der Waals surface area contributed by atoms with Crippen molar-refractivity contribution in [2.24, 2.45) is 0 Å². The van der Waals surface area contributed by atoms with Crippen LogP contribution in [0.4, 0.5) is 0 Å². The smallest absolute Gasteiger partial charge is 0.182 e. The second-order valence-electron chi connectivity index (χ2n) is 12.6. The largest absolute Gasteiger partial charge is 0.623 e. The summed E-state index contributed by atoms with van der Waals surface area (Å²) in [5, 5.41) is 13.0. The average molecular weight is 552 g/mol. The van der Waals surface area contributed by atoms with Gasteiger partial charge < -0.3 is 5.21 Å². The molecule has 0 N–H and O–H groups in total. The summed E-state index contributed by atoms with van der Waals surface area (Å²) in [4.78, 5) is 1.34. The first-order chi connectivity index (χ1) is 18.8. The number of aryl methyl sites for hydroxylation is 2. The highest BCUT2D eigenvalue weighted by Gasteiger charge is 2.23. The van der Waals surface area contributed by atoms with Gasteiger partial charge in [0.25, 0.3) is 0 Å². The van der Waals surface area contributed by atoms with E-state index in [0.717, 1.165) is 27.2 Å². The highest BCUT2D eigenvalue weighted by molar-refractivity contribution is 7.99. The SMILES string of the molecule is CCSc1cc(/C=C/c2cc(/C=[N+](\[O-])C(C)(C)C)c3cc(C(C)C)ccc(C)c2-3)c2c(C)ccc(C(C)C)cc1-2. The van der Waals surface area contributed by atoms with Gasteiger partial charge in [0.2, 0.25) is 0 Å². The van der Waals surface area contributed by atoms with Gasteiger partial charge in [-0.3, -0.25) is 0 Å². The summed E-state index contributed by atoms with van der Waals surface area (Å²) < 4.78 is 1.08. The van der Waals surface area contributed by atoms with Gasteiger partial charge in [-0.15, -0.1) is 11.8 Å². The maximum atomic E-state index is 13.0. The molecule has 0 aromatic rings. The monoisotopic (exact) mass is 551 g/mol. The number of rotatable bonds is 7. The average Bonchev–Trinajstić information content (AvgIpc) is 3.24. The van der Waals surface area contributed by atoms with Gasteiger partial charge >= 0.3 is 0 Å². The maximum Gasteiger partial charge on any atom is 0.182 e. The molecule has 0 aromatic heterocycles. The highest BCUT2D eigenvalue weighted by atomic mass is 32.2. The summed E-state index contributed by atoms with van der Waals surface area (Å²) in [6, 6.07) is 18.2. The molecule has 0 amide bonds. The predicted molar refractivity (Wildman–Crippen MR) is 178 cm³/mol. The van der Waals surface area contributed by atoms with E-state index < -0.39 is 5.54 Å². The van der Waals surface area contributed by atoms with E-state index in [1.54, 1.807) is 6.21 Å². The maximum absolute atomic E-state index is 13.0. The minimum atomic E-state index is -0.504. The number of fused-ring (bicyclic) bond motifs is 2. The van der Waals surface area contributed by atoms with Gasteiger partial charge in [0.05, 0.1) is 0 Å². The van der Waals surface area contributed by atoms with E-state index in [1.165, 1.54) is 49.4 Å². The van der Waals surface area contributed by atoms with E-state index in [2.05, 4.69) is 109 Å². The van der Waals surface area contributed by atoms with Crippen LogP contribution in [0.2, 0.25) is 0 Å². The van der Waals surface area contributed by atoms with Gasteiger partial charge in [-0.1, -0.05) is 77.1 Å². The Morgan fingerprint density at radius 2 is 1.25 bits per heavy atom. The van der Waals surface area contributed by atoms with Crippen LogP contribution in [0.3, 0.4) is 0 Å². The Balaban J connectivity index is 1.92. The molecule has 4 aliphatic carbocycles. The Morgan fingerprint density at radius 3 is 1.75 bits per heavy atom. The molecule has 0 spiro atoms. The third kappa shape index (κ3) is 6.15. The van der Waals surface area contributed by atoms with Crippen LogP contribution in [0, 0.1) is 19.1 Å². The molecule has 3 heteroatoms. The van der Waals surface area contributed by atoms with Crippen molar-refractivity contribution < 1.29 is 4.74 Å². The minimum absolute atomic E-state index is 0.396. The summed E-state index contributed by atoms with van der Waals surface area (Å²) >= 11 is 1.91. The third-order valence-electron chi connectivity index (χ3n) is 7.75. The zero-order valence-electron chi connectivity index (χ0n) is 26.0. The van der Waals surface area contributed by atoms with Gasteiger partial charge in [0.15, 0.2) is 11.8 Å². The normalized spacial score (nSPS) is 13.1. The molecular formula is C37H45NOS. The van der Waals surface area contributed by atoms with E-state index in [-0.39, 0.29) is 0 Å². The van der Waals surface area contributed by atoms with E-state index in [4.69, 9.17) is 0 Å². The highest BCUT2D eigenvalue weighted by Crippen LogP contribution is 2.43. The Morgan fingerprint density at radius 1 is 0.750 bits per heavy atom. The van der Waals surface area contributed by atoms with Crippen molar-refractivity contribution in [3.63, 3.8) is 0 Å². The van der Waals surface area contributed by atoms with Crippen molar-refractivity contribution in [2.45, 2.75) is 91.5 Å². The summed E-state index contributed by atoms with van der Waals surface area (Å²) in [7, 11) is 0. The fourth-order valence-electron chi connectivity index (χ4n) is 5.27. The van der Waals surface area contributed by atoms with Gasteiger partial charge in [-0.05, 0) is 105 Å². The number of thioether (sulfide) groups is 1. The molecule has 0 atom stereocenters. The molecule has 0 radical (unpaired) electrons. The predicted octanol–water partition coefficient (Wildman–Crippen LogP) is 10.8. The summed E-state index contributed by atoms with van der Waals surface area (Å²) in [5.74, 6) is 1.91. The summed E-state index contributed by atoms with van der Waals surface area (Å²) in [5.41, 5.74) is 13.0. The first-order valence-corrected chi connectivity index (χ1v) is 15.6. The van der Waals surface area contributed by atoms with Crippen molar-refractivity contribution in [3.8, 4) is 22.3 Å². The minimum Gasteiger partial charge on any atom is -0.623 e. The second kappa shape index (κ2) is 11.8. The second-order valence-corrected chi connectivity index (χ2v) is 13.9. The van der Waals surface area contributed by atoms with Crippen LogP contribution in [0.25, 0.3) is 34.4 Å². The van der Waals surface area contributed by atoms with E-state index in [9.17, 15) is 5.21 Å². The molecule has 0 aromatic carbocycles. The number of hydrogen-bond acceptors (Lipinski definition) is 2. The topological polar surface area (TPSA) is 26.1 Å². The summed E-state index contributed by atoms with van der Waals surface area (Å²) in [6.07, 6.45) is 6.30. The van der Waals surface area contributed by atoms with Gasteiger partial charge in [-0.2, -0.15) is 0 Å². The first-order valence-electron chi connectivity index (χ1n) is 14.6. The molecule has 210 valence electrons. The van der Waals surface area contributed by atoms with Crippen LogP contribution < -0.4 is 0 Å². The standard InChI is InChI=1S/C37H45NOS/c1-11-40-34-21-30(36-26(7)13-15-28(24(4)5)20-33(34)36)17-16-29-18-31(22-38(39)37(8,9)10)32-19-27(23(2)3)14-12-25(6)35(29)32/h12-24H,11H2,1-10H3/b17-16+,38-22-. The van der Waals surface area contributed by atoms with Crippen LogP contribution in [-0.2, 0) is 0 Å². The zero-order chi connectivity index (χ0) is 29.4. The molecular weight excluding hydrogens is 506 g/mol. The quantitative estimate of drug-likeness (QED) is 0.0750. The van der Waals surface area contributed by atoms with Crippen LogP contribution in [0.15, 0.2) is 53.4 Å². The number of hydroxylamine groups is 1. The molecule has 0 saturated carbocycles. The van der Waals surface area contributed by atoms with Crippen molar-refractivity contribution in [3.05, 3.63) is 92.7 Å². The molecule has 2 nitrogen and oxygen atoms in total. The van der Waals surface area contributed by atoms with Crippen LogP contribution in [0.5, 0.6) is 0 Å². The molecule has 0 unspecified atom stereocenters. The number of hydrogen-bond donors (Lipinski definition) is 0. The zero-order valence-corrected chi connectivity index (χ0v) is 26.8. The fraction of sp³-hybridized carbons (Fsp3) is 0.378. The van der Waals surface area contributed by atoms with E-state index in [1.807, 2.05) is 32.5 Å². The van der Waals surface area contributed by atoms with Gasteiger partial charge in [0, 0.05) is 31.2 Å². The molecule has 4 rings (SSSR count). The lowest BCUT2D eigenvalue weighted by molar-refractivity contribution is -0.530. The lowest BCUT2D eigenvalue weighted by Gasteiger charge is -2.18. The molecule has 0 fully saturated rings. The molecule has 0 heterocycles. The Labute approximate surface area is 246 Å². The Bertz CT molecular complexity index is 1520. The lowest BCUT2D eigenvalue weighted by Crippen LogP contribution is -2.29. The van der Waals surface area contributed by atoms with E-state index >= 15 is 0 Å². The molecule has 4 aliphatic rings. The fourth-order valence-corrected chi connectivity index (χ4v) is 6.10. The Hall–Kier alpha value is -3.04. The molecule has 0 bridgehead atoms. The summed E-state index contributed by atoms with van der Waals surface area (Å²) in [6.45, 7) is 21.4. The Kier molecular flexibility index (Phi) is 8.85. The van der Waals surface area contributed by atoms with Crippen LogP contribution >= 0.6 is 11.8 Å². The van der Waals surface area contributed by atoms with Crippen LogP contribution in [0.1, 0.15) is 106 Å². The van der Waals surface area contributed by atoms with E-state index in [0.29, 0.717) is 11.8 Å². The molecule has 0 aliphatic heterocycles. The molecule has 0 saturated heterocycles. The van der Waals surface area contributed by atoms with Crippen molar-refractivity contribution >= 4 is 30.1 Å². The van der Waals surface area contributed by atoms with Crippen LogP contribution in [-0.4, -0.2) is 22.2 Å². The number of nitrogens with zero attached hydrogens (tertiary/aromatic N) is 1. The first kappa shape index (κ1) is 29.9. The third-order valence-corrected chi connectivity index (χ3v) is 8.68.